The summed E-state index contributed by atoms with van der Waals surface area (Å²) >= 11 is 7.69. The van der Waals surface area contributed by atoms with Crippen LogP contribution in [0.2, 0.25) is 5.15 Å². The number of hydrogen-bond donors (Lipinski definition) is 0. The first-order valence-corrected chi connectivity index (χ1v) is 7.19. The van der Waals surface area contributed by atoms with Crippen LogP contribution in [0.5, 0.6) is 0 Å². The molecular formula is C14H13ClN2S. The summed E-state index contributed by atoms with van der Waals surface area (Å²) in [5, 5.41) is 1.48. The summed E-state index contributed by atoms with van der Waals surface area (Å²) in [4.78, 5) is 10.1. The van der Waals surface area contributed by atoms with Crippen molar-refractivity contribution >= 4 is 23.4 Å². The Labute approximate surface area is 116 Å². The van der Waals surface area contributed by atoms with Crippen LogP contribution in [-0.4, -0.2) is 9.97 Å². The van der Waals surface area contributed by atoms with Crippen LogP contribution in [0.25, 0.3) is 0 Å². The monoisotopic (exact) mass is 276 g/mol. The molecule has 0 bridgehead atoms. The Morgan fingerprint density at radius 2 is 2.06 bits per heavy atom. The molecule has 0 N–H and O–H groups in total. The Hall–Kier alpha value is -1.06. The SMILES string of the molecule is Cc1cccc(Sc2cc(Cl)nc(C3CC3)n2)c1. The van der Waals surface area contributed by atoms with Gasteiger partial charge in [-0.2, -0.15) is 0 Å². The molecule has 0 radical (unpaired) electrons. The molecule has 92 valence electrons. The molecule has 1 fully saturated rings. The number of benzene rings is 1. The lowest BCUT2D eigenvalue weighted by Gasteiger charge is -2.04. The van der Waals surface area contributed by atoms with Crippen molar-refractivity contribution in [2.24, 2.45) is 0 Å². The number of halogens is 1. The number of rotatable bonds is 3. The standard InChI is InChI=1S/C14H13ClN2S/c1-9-3-2-4-11(7-9)18-13-8-12(15)16-14(17-13)10-5-6-10/h2-4,7-8,10H,5-6H2,1H3. The van der Waals surface area contributed by atoms with Crippen molar-refractivity contribution in [3.05, 3.63) is 46.9 Å². The molecular weight excluding hydrogens is 264 g/mol. The molecule has 1 aliphatic carbocycles. The van der Waals surface area contributed by atoms with E-state index in [1.54, 1.807) is 11.8 Å². The predicted octanol–water partition coefficient (Wildman–Crippen LogP) is 4.47. The van der Waals surface area contributed by atoms with Crippen LogP contribution in [0, 0.1) is 6.92 Å². The summed E-state index contributed by atoms with van der Waals surface area (Å²) in [6.45, 7) is 2.09. The number of aromatic nitrogens is 2. The molecule has 1 aliphatic rings. The van der Waals surface area contributed by atoms with E-state index in [1.807, 2.05) is 6.07 Å². The first kappa shape index (κ1) is 12.0. The van der Waals surface area contributed by atoms with E-state index in [2.05, 4.69) is 41.2 Å². The third kappa shape index (κ3) is 2.85. The summed E-state index contributed by atoms with van der Waals surface area (Å²) < 4.78 is 0. The Kier molecular flexibility index (Phi) is 3.27. The third-order valence-electron chi connectivity index (χ3n) is 2.84. The van der Waals surface area contributed by atoms with Gasteiger partial charge in [0, 0.05) is 16.9 Å². The summed E-state index contributed by atoms with van der Waals surface area (Å²) in [5.41, 5.74) is 1.25. The van der Waals surface area contributed by atoms with Crippen molar-refractivity contribution in [3.8, 4) is 0 Å². The van der Waals surface area contributed by atoms with Gasteiger partial charge < -0.3 is 0 Å². The van der Waals surface area contributed by atoms with Crippen LogP contribution in [0.4, 0.5) is 0 Å². The minimum atomic E-state index is 0.528. The van der Waals surface area contributed by atoms with Gasteiger partial charge in [-0.25, -0.2) is 9.97 Å². The van der Waals surface area contributed by atoms with Gasteiger partial charge in [0.1, 0.15) is 16.0 Å². The molecule has 0 aliphatic heterocycles. The maximum Gasteiger partial charge on any atom is 0.134 e. The molecule has 3 rings (SSSR count). The van der Waals surface area contributed by atoms with Gasteiger partial charge in [0.2, 0.25) is 0 Å². The first-order chi connectivity index (χ1) is 8.70. The van der Waals surface area contributed by atoms with Gasteiger partial charge >= 0.3 is 0 Å². The molecule has 2 aromatic rings. The quantitative estimate of drug-likeness (QED) is 0.774. The minimum Gasteiger partial charge on any atom is -0.226 e. The summed E-state index contributed by atoms with van der Waals surface area (Å²) in [7, 11) is 0. The lowest BCUT2D eigenvalue weighted by atomic mass is 10.2. The molecule has 0 amide bonds. The molecule has 1 saturated carbocycles. The Morgan fingerprint density at radius 1 is 1.22 bits per heavy atom. The number of hydrogen-bond acceptors (Lipinski definition) is 3. The fraction of sp³-hybridized carbons (Fsp3) is 0.286. The molecule has 1 aromatic carbocycles. The average molecular weight is 277 g/mol. The lowest BCUT2D eigenvalue weighted by molar-refractivity contribution is 0.878. The zero-order valence-electron chi connectivity index (χ0n) is 10.1. The lowest BCUT2D eigenvalue weighted by Crippen LogP contribution is -1.94. The van der Waals surface area contributed by atoms with Gasteiger partial charge in [-0.3, -0.25) is 0 Å². The second-order valence-electron chi connectivity index (χ2n) is 4.58. The molecule has 2 nitrogen and oxygen atoms in total. The van der Waals surface area contributed by atoms with E-state index in [0.717, 1.165) is 10.9 Å². The molecule has 0 saturated heterocycles. The molecule has 4 heteroatoms. The van der Waals surface area contributed by atoms with Crippen molar-refractivity contribution in [2.45, 2.75) is 35.6 Å². The Balaban J connectivity index is 1.87. The fourth-order valence-electron chi connectivity index (χ4n) is 1.79. The molecule has 0 unspecified atom stereocenters. The first-order valence-electron chi connectivity index (χ1n) is 6.00. The highest BCUT2D eigenvalue weighted by Gasteiger charge is 2.27. The van der Waals surface area contributed by atoms with Crippen LogP contribution in [0.15, 0.2) is 40.3 Å². The fourth-order valence-corrected chi connectivity index (χ4v) is 2.99. The minimum absolute atomic E-state index is 0.528. The van der Waals surface area contributed by atoms with E-state index in [-0.39, 0.29) is 0 Å². The molecule has 18 heavy (non-hydrogen) atoms. The summed E-state index contributed by atoms with van der Waals surface area (Å²) in [5.74, 6) is 1.43. The van der Waals surface area contributed by atoms with Gasteiger partial charge in [-0.05, 0) is 31.9 Å². The smallest absolute Gasteiger partial charge is 0.134 e. The topological polar surface area (TPSA) is 25.8 Å². The highest BCUT2D eigenvalue weighted by atomic mass is 35.5. The van der Waals surface area contributed by atoms with Crippen LogP contribution in [0.1, 0.15) is 30.1 Å². The van der Waals surface area contributed by atoms with Gasteiger partial charge in [-0.1, -0.05) is 41.1 Å². The summed E-state index contributed by atoms with van der Waals surface area (Å²) in [6, 6.07) is 10.2. The maximum absolute atomic E-state index is 6.05. The van der Waals surface area contributed by atoms with Crippen molar-refractivity contribution < 1.29 is 0 Å². The van der Waals surface area contributed by atoms with E-state index >= 15 is 0 Å². The Morgan fingerprint density at radius 3 is 2.78 bits per heavy atom. The van der Waals surface area contributed by atoms with Crippen molar-refractivity contribution in [1.29, 1.82) is 0 Å². The van der Waals surface area contributed by atoms with Crippen molar-refractivity contribution in [2.75, 3.05) is 0 Å². The molecule has 0 atom stereocenters. The van der Waals surface area contributed by atoms with Crippen molar-refractivity contribution in [1.82, 2.24) is 9.97 Å². The van der Waals surface area contributed by atoms with E-state index in [1.165, 1.54) is 23.3 Å². The van der Waals surface area contributed by atoms with Crippen LogP contribution < -0.4 is 0 Å². The van der Waals surface area contributed by atoms with E-state index in [0.29, 0.717) is 11.1 Å². The predicted molar refractivity (Wildman–Crippen MR) is 74.3 cm³/mol. The molecule has 1 heterocycles. The molecule has 0 spiro atoms. The van der Waals surface area contributed by atoms with Gasteiger partial charge in [0.25, 0.3) is 0 Å². The van der Waals surface area contributed by atoms with Gasteiger partial charge in [-0.15, -0.1) is 0 Å². The van der Waals surface area contributed by atoms with E-state index in [4.69, 9.17) is 11.6 Å². The number of aryl methyl sites for hydroxylation is 1. The van der Waals surface area contributed by atoms with Gasteiger partial charge in [0.05, 0.1) is 0 Å². The second kappa shape index (κ2) is 4.90. The number of nitrogens with zero attached hydrogens (tertiary/aromatic N) is 2. The van der Waals surface area contributed by atoms with Crippen LogP contribution in [0.3, 0.4) is 0 Å². The van der Waals surface area contributed by atoms with Crippen molar-refractivity contribution in [3.63, 3.8) is 0 Å². The second-order valence-corrected chi connectivity index (χ2v) is 6.06. The van der Waals surface area contributed by atoms with Crippen LogP contribution >= 0.6 is 23.4 Å². The average Bonchev–Trinajstić information content (AvgIpc) is 3.11. The van der Waals surface area contributed by atoms with Gasteiger partial charge in [0.15, 0.2) is 0 Å². The third-order valence-corrected chi connectivity index (χ3v) is 3.94. The zero-order chi connectivity index (χ0) is 12.5. The normalized spacial score (nSPS) is 14.8. The summed E-state index contributed by atoms with van der Waals surface area (Å²) in [6.07, 6.45) is 2.38. The zero-order valence-corrected chi connectivity index (χ0v) is 11.6. The highest BCUT2D eigenvalue weighted by Crippen LogP contribution is 2.39. The van der Waals surface area contributed by atoms with E-state index in [9.17, 15) is 0 Å². The van der Waals surface area contributed by atoms with Crippen LogP contribution in [-0.2, 0) is 0 Å². The Bertz CT molecular complexity index is 582. The largest absolute Gasteiger partial charge is 0.226 e. The van der Waals surface area contributed by atoms with E-state index < -0.39 is 0 Å². The highest BCUT2D eigenvalue weighted by molar-refractivity contribution is 7.99. The maximum atomic E-state index is 6.05. The molecule has 1 aromatic heterocycles.